The maximum Gasteiger partial charge on any atom is 0.327 e. The van der Waals surface area contributed by atoms with Crippen LogP contribution in [-0.2, 0) is 22.6 Å². The first-order valence-corrected chi connectivity index (χ1v) is 6.82. The Morgan fingerprint density at radius 3 is 2.62 bits per heavy atom. The highest BCUT2D eigenvalue weighted by Gasteiger charge is 2.38. The van der Waals surface area contributed by atoms with E-state index in [9.17, 15) is 19.5 Å². The van der Waals surface area contributed by atoms with Crippen molar-refractivity contribution in [2.45, 2.75) is 38.8 Å². The van der Waals surface area contributed by atoms with Crippen molar-refractivity contribution >= 4 is 17.8 Å². The number of hydrogen-bond donors (Lipinski definition) is 2. The normalized spacial score (nSPS) is 14.9. The van der Waals surface area contributed by atoms with Gasteiger partial charge in [0.1, 0.15) is 6.04 Å². The molecule has 1 unspecified atom stereocenters. The lowest BCUT2D eigenvalue weighted by Crippen LogP contribution is -2.42. The van der Waals surface area contributed by atoms with Gasteiger partial charge in [-0.2, -0.15) is 0 Å². The molecule has 0 saturated heterocycles. The summed E-state index contributed by atoms with van der Waals surface area (Å²) in [6.07, 6.45) is 1.13. The molecule has 1 aliphatic rings. The van der Waals surface area contributed by atoms with Crippen molar-refractivity contribution in [3.63, 3.8) is 0 Å². The minimum absolute atomic E-state index is 0.161. The fraction of sp³-hybridized carbons (Fsp3) is 0.400. The van der Waals surface area contributed by atoms with Crippen LogP contribution in [0.2, 0.25) is 0 Å². The van der Waals surface area contributed by atoms with Gasteiger partial charge in [0.25, 0.3) is 5.91 Å². The average Bonchev–Trinajstić information content (AvgIpc) is 2.75. The summed E-state index contributed by atoms with van der Waals surface area (Å²) in [5.74, 6) is -2.94. The molecule has 1 aromatic carbocycles. The van der Waals surface area contributed by atoms with E-state index in [1.54, 1.807) is 12.1 Å². The Morgan fingerprint density at radius 2 is 2.05 bits per heavy atom. The molecular formula is C15H17NO5. The number of carboxylic acid groups (broad SMARTS) is 2. The fourth-order valence-electron chi connectivity index (χ4n) is 2.67. The summed E-state index contributed by atoms with van der Waals surface area (Å²) in [7, 11) is 0. The molecule has 112 valence electrons. The Kier molecular flexibility index (Phi) is 4.26. The summed E-state index contributed by atoms with van der Waals surface area (Å²) in [6.45, 7) is 2.19. The molecule has 0 fully saturated rings. The van der Waals surface area contributed by atoms with E-state index >= 15 is 0 Å². The number of carboxylic acids is 2. The maximum absolute atomic E-state index is 12.4. The monoisotopic (exact) mass is 291 g/mol. The van der Waals surface area contributed by atoms with Crippen molar-refractivity contribution in [3.8, 4) is 0 Å². The molecule has 2 N–H and O–H groups in total. The van der Waals surface area contributed by atoms with E-state index in [0.29, 0.717) is 5.56 Å². The minimum atomic E-state index is -1.34. The van der Waals surface area contributed by atoms with Crippen molar-refractivity contribution in [2.75, 3.05) is 0 Å². The third kappa shape index (κ3) is 2.89. The second-order valence-corrected chi connectivity index (χ2v) is 5.08. The van der Waals surface area contributed by atoms with Gasteiger partial charge in [-0.25, -0.2) is 4.79 Å². The predicted octanol–water partition coefficient (Wildman–Crippen LogP) is 1.52. The smallest absolute Gasteiger partial charge is 0.327 e. The zero-order valence-corrected chi connectivity index (χ0v) is 11.7. The number of benzene rings is 1. The lowest BCUT2D eigenvalue weighted by Gasteiger charge is -2.22. The molecule has 1 aliphatic heterocycles. The molecule has 0 saturated carbocycles. The zero-order chi connectivity index (χ0) is 15.6. The summed E-state index contributed by atoms with van der Waals surface area (Å²) in [5, 5.41) is 18.0. The van der Waals surface area contributed by atoms with Crippen molar-refractivity contribution in [3.05, 3.63) is 34.9 Å². The average molecular weight is 291 g/mol. The first-order chi connectivity index (χ1) is 9.95. The number of rotatable bonds is 6. The topological polar surface area (TPSA) is 94.9 Å². The summed E-state index contributed by atoms with van der Waals surface area (Å²) in [6, 6.07) is 4.03. The van der Waals surface area contributed by atoms with Gasteiger partial charge in [-0.3, -0.25) is 9.59 Å². The molecule has 6 nitrogen and oxygen atoms in total. The fourth-order valence-corrected chi connectivity index (χ4v) is 2.67. The first kappa shape index (κ1) is 15.0. The molecule has 2 rings (SSSR count). The van der Waals surface area contributed by atoms with Gasteiger partial charge < -0.3 is 15.1 Å². The van der Waals surface area contributed by atoms with Crippen LogP contribution in [-0.4, -0.2) is 39.0 Å². The highest BCUT2D eigenvalue weighted by molar-refractivity contribution is 6.01. The largest absolute Gasteiger partial charge is 0.481 e. The highest BCUT2D eigenvalue weighted by atomic mass is 16.4. The second kappa shape index (κ2) is 5.95. The number of hydrogen-bond acceptors (Lipinski definition) is 3. The van der Waals surface area contributed by atoms with Gasteiger partial charge >= 0.3 is 11.9 Å². The summed E-state index contributed by atoms with van der Waals surface area (Å²) < 4.78 is 0. The van der Waals surface area contributed by atoms with Gasteiger partial charge in [-0.1, -0.05) is 25.5 Å². The number of amides is 1. The van der Waals surface area contributed by atoms with Crippen LogP contribution in [0.4, 0.5) is 0 Å². The number of aryl methyl sites for hydroxylation is 1. The van der Waals surface area contributed by atoms with E-state index < -0.39 is 30.3 Å². The lowest BCUT2D eigenvalue weighted by molar-refractivity contribution is -0.148. The van der Waals surface area contributed by atoms with Crippen LogP contribution in [0, 0.1) is 0 Å². The summed E-state index contributed by atoms with van der Waals surface area (Å²) in [4.78, 5) is 35.6. The third-order valence-corrected chi connectivity index (χ3v) is 3.64. The predicted molar refractivity (Wildman–Crippen MR) is 74.0 cm³/mol. The number of carbonyl (C=O) groups excluding carboxylic acids is 1. The van der Waals surface area contributed by atoms with Crippen molar-refractivity contribution < 1.29 is 24.6 Å². The molecule has 21 heavy (non-hydrogen) atoms. The van der Waals surface area contributed by atoms with Gasteiger partial charge in [-0.15, -0.1) is 0 Å². The van der Waals surface area contributed by atoms with Gasteiger partial charge in [0, 0.05) is 12.1 Å². The number of fused-ring (bicyclic) bond motifs is 1. The number of carbonyl (C=O) groups is 3. The second-order valence-electron chi connectivity index (χ2n) is 5.08. The minimum Gasteiger partial charge on any atom is -0.481 e. The van der Waals surface area contributed by atoms with Gasteiger partial charge in [0.15, 0.2) is 0 Å². The van der Waals surface area contributed by atoms with E-state index in [1.165, 1.54) is 0 Å². The van der Waals surface area contributed by atoms with E-state index in [-0.39, 0.29) is 6.54 Å². The maximum atomic E-state index is 12.4. The molecular weight excluding hydrogens is 274 g/mol. The molecule has 1 amide bonds. The number of nitrogens with zero attached hydrogens (tertiary/aromatic N) is 1. The molecule has 6 heteroatoms. The SMILES string of the molecule is CCCc1cccc2c1CN(C(CC(=O)O)C(=O)O)C2=O. The van der Waals surface area contributed by atoms with E-state index in [1.807, 2.05) is 13.0 Å². The van der Waals surface area contributed by atoms with Gasteiger partial charge in [0.05, 0.1) is 6.42 Å². The van der Waals surface area contributed by atoms with Crippen molar-refractivity contribution in [1.82, 2.24) is 4.90 Å². The molecule has 0 aliphatic carbocycles. The molecule has 0 spiro atoms. The van der Waals surface area contributed by atoms with Crippen LogP contribution in [0.3, 0.4) is 0 Å². The zero-order valence-electron chi connectivity index (χ0n) is 11.7. The Labute approximate surface area is 122 Å². The van der Waals surface area contributed by atoms with Gasteiger partial charge in [0.2, 0.25) is 0 Å². The molecule has 0 bridgehead atoms. The number of aliphatic carboxylic acids is 2. The van der Waals surface area contributed by atoms with Crippen LogP contribution >= 0.6 is 0 Å². The molecule has 1 aromatic rings. The van der Waals surface area contributed by atoms with Crippen LogP contribution in [0.5, 0.6) is 0 Å². The van der Waals surface area contributed by atoms with E-state index in [0.717, 1.165) is 28.9 Å². The molecule has 0 aromatic heterocycles. The standard InChI is InChI=1S/C15H17NO5/c1-2-4-9-5-3-6-10-11(9)8-16(14(10)19)12(15(20)21)7-13(17)18/h3,5-6,12H,2,4,7-8H2,1H3,(H,17,18)(H,20,21). The van der Waals surface area contributed by atoms with Gasteiger partial charge in [-0.05, 0) is 23.6 Å². The van der Waals surface area contributed by atoms with Crippen LogP contribution in [0.1, 0.15) is 41.3 Å². The summed E-state index contributed by atoms with van der Waals surface area (Å²) >= 11 is 0. The summed E-state index contributed by atoms with van der Waals surface area (Å²) in [5.41, 5.74) is 2.32. The van der Waals surface area contributed by atoms with Crippen molar-refractivity contribution in [1.29, 1.82) is 0 Å². The lowest BCUT2D eigenvalue weighted by atomic mass is 10.00. The molecule has 1 heterocycles. The van der Waals surface area contributed by atoms with Crippen LogP contribution < -0.4 is 0 Å². The quantitative estimate of drug-likeness (QED) is 0.828. The van der Waals surface area contributed by atoms with Crippen LogP contribution in [0.15, 0.2) is 18.2 Å². The van der Waals surface area contributed by atoms with Crippen molar-refractivity contribution in [2.24, 2.45) is 0 Å². The van der Waals surface area contributed by atoms with E-state index in [2.05, 4.69) is 0 Å². The Bertz CT molecular complexity index is 596. The van der Waals surface area contributed by atoms with E-state index in [4.69, 9.17) is 5.11 Å². The Morgan fingerprint density at radius 1 is 1.33 bits per heavy atom. The Balaban J connectivity index is 2.34. The Hall–Kier alpha value is -2.37. The third-order valence-electron chi connectivity index (χ3n) is 3.64. The molecule has 0 radical (unpaired) electrons. The highest BCUT2D eigenvalue weighted by Crippen LogP contribution is 2.29. The molecule has 1 atom stereocenters. The first-order valence-electron chi connectivity index (χ1n) is 6.82. The van der Waals surface area contributed by atoms with Crippen LogP contribution in [0.25, 0.3) is 0 Å².